The largest absolute Gasteiger partial charge is 0.382 e. The predicted octanol–water partition coefficient (Wildman–Crippen LogP) is 3.12. The summed E-state index contributed by atoms with van der Waals surface area (Å²) in [5.41, 5.74) is 7.16. The molecule has 0 saturated carbocycles. The summed E-state index contributed by atoms with van der Waals surface area (Å²) in [6.07, 6.45) is 0. The van der Waals surface area contributed by atoms with Crippen LogP contribution in [0.3, 0.4) is 0 Å². The molecule has 4 N–H and O–H groups in total. The number of rotatable bonds is 3. The molecule has 0 aliphatic rings. The zero-order valence-corrected chi connectivity index (χ0v) is 11.7. The Bertz CT molecular complexity index is 581. The summed E-state index contributed by atoms with van der Waals surface area (Å²) >= 11 is 14.4. The topological polar surface area (TPSA) is 98.0 Å². The van der Waals surface area contributed by atoms with E-state index in [9.17, 15) is 4.39 Å². The van der Waals surface area contributed by atoms with Gasteiger partial charge in [0.2, 0.25) is 5.71 Å². The van der Waals surface area contributed by atoms with Crippen molar-refractivity contribution >= 4 is 56.4 Å². The second kappa shape index (κ2) is 6.00. The molecule has 5 nitrogen and oxygen atoms in total. The molecule has 94 valence electrons. The molecule has 1 aromatic carbocycles. The number of benzene rings is 1. The average Bonchev–Trinajstić information content (AvgIpc) is 2.30. The molecule has 0 unspecified atom stereocenters. The van der Waals surface area contributed by atoms with Gasteiger partial charge in [0.25, 0.3) is 0 Å². The number of amidine groups is 1. The Morgan fingerprint density at radius 1 is 1.61 bits per heavy atom. The first-order valence-corrected chi connectivity index (χ1v) is 5.84. The summed E-state index contributed by atoms with van der Waals surface area (Å²) in [4.78, 5) is 0. The highest BCUT2D eigenvalue weighted by Crippen LogP contribution is 2.36. The standard InChI is InChI=1S/C9H5BrCl2FN5/c10-3-1-4(11)7(13)6(12)8(3)18-17-5(2-14)9(15)16/h1,18H,(H3,15,16)/b17-5+. The quantitative estimate of drug-likeness (QED) is 0.256. The van der Waals surface area contributed by atoms with E-state index in [4.69, 9.17) is 39.6 Å². The fourth-order valence-electron chi connectivity index (χ4n) is 0.926. The molecule has 0 radical (unpaired) electrons. The summed E-state index contributed by atoms with van der Waals surface area (Å²) in [7, 11) is 0. The first-order chi connectivity index (χ1) is 8.38. The van der Waals surface area contributed by atoms with Gasteiger partial charge in [-0.05, 0) is 22.0 Å². The molecule has 0 saturated heterocycles. The third kappa shape index (κ3) is 3.10. The third-order valence-corrected chi connectivity index (χ3v) is 3.01. The summed E-state index contributed by atoms with van der Waals surface area (Å²) in [6, 6.07) is 2.87. The molecule has 0 heterocycles. The van der Waals surface area contributed by atoms with Crippen molar-refractivity contribution in [3.63, 3.8) is 0 Å². The lowest BCUT2D eigenvalue weighted by Gasteiger charge is -2.08. The lowest BCUT2D eigenvalue weighted by atomic mass is 10.3. The van der Waals surface area contributed by atoms with Crippen LogP contribution in [0, 0.1) is 22.6 Å². The molecule has 9 heteroatoms. The zero-order valence-electron chi connectivity index (χ0n) is 8.56. The molecule has 0 fully saturated rings. The maximum atomic E-state index is 13.4. The van der Waals surface area contributed by atoms with Gasteiger partial charge in [-0.2, -0.15) is 10.4 Å². The van der Waals surface area contributed by atoms with Crippen LogP contribution in [0.2, 0.25) is 10.0 Å². The number of halogens is 4. The lowest BCUT2D eigenvalue weighted by molar-refractivity contribution is 0.629. The molecule has 1 aromatic rings. The van der Waals surface area contributed by atoms with Crippen molar-refractivity contribution in [3.8, 4) is 6.07 Å². The normalized spacial score (nSPS) is 10.9. The highest BCUT2D eigenvalue weighted by Gasteiger charge is 2.15. The Morgan fingerprint density at radius 3 is 2.72 bits per heavy atom. The molecular weight excluding hydrogens is 348 g/mol. The van der Waals surface area contributed by atoms with Crippen LogP contribution in [-0.2, 0) is 0 Å². The Hall–Kier alpha value is -1.36. The molecule has 0 amide bonds. The number of nitrogens with one attached hydrogen (secondary N) is 2. The summed E-state index contributed by atoms with van der Waals surface area (Å²) in [5, 5.41) is 18.8. The number of nitrogens with two attached hydrogens (primary N) is 1. The van der Waals surface area contributed by atoms with Crippen LogP contribution in [-0.4, -0.2) is 11.5 Å². The number of hydrogen-bond acceptors (Lipinski definition) is 4. The fraction of sp³-hybridized carbons (Fsp3) is 0. The summed E-state index contributed by atoms with van der Waals surface area (Å²) < 4.78 is 13.8. The van der Waals surface area contributed by atoms with E-state index in [0.29, 0.717) is 4.47 Å². The SMILES string of the molecule is N#C/C(=N\Nc1c(Br)cc(Cl)c(F)c1Cl)C(=N)N. The summed E-state index contributed by atoms with van der Waals surface area (Å²) in [5.74, 6) is -1.34. The van der Waals surface area contributed by atoms with Crippen LogP contribution < -0.4 is 11.2 Å². The van der Waals surface area contributed by atoms with E-state index < -0.39 is 11.7 Å². The lowest BCUT2D eigenvalue weighted by Crippen LogP contribution is -2.22. The van der Waals surface area contributed by atoms with E-state index in [-0.39, 0.29) is 21.4 Å². The Morgan fingerprint density at radius 2 is 2.22 bits per heavy atom. The van der Waals surface area contributed by atoms with Crippen molar-refractivity contribution in [1.82, 2.24) is 0 Å². The number of hydrazone groups is 1. The van der Waals surface area contributed by atoms with Crippen molar-refractivity contribution in [1.29, 1.82) is 10.7 Å². The second-order valence-corrected chi connectivity index (χ2v) is 4.58. The number of nitrogens with zero attached hydrogens (tertiary/aromatic N) is 2. The van der Waals surface area contributed by atoms with E-state index >= 15 is 0 Å². The van der Waals surface area contributed by atoms with Crippen LogP contribution in [0.15, 0.2) is 15.6 Å². The molecule has 1 rings (SSSR count). The highest BCUT2D eigenvalue weighted by atomic mass is 79.9. The molecule has 0 aromatic heterocycles. The van der Waals surface area contributed by atoms with Gasteiger partial charge in [-0.3, -0.25) is 10.8 Å². The molecule has 0 aliphatic heterocycles. The van der Waals surface area contributed by atoms with Gasteiger partial charge in [-0.1, -0.05) is 23.2 Å². The van der Waals surface area contributed by atoms with Crippen molar-refractivity contribution in [2.24, 2.45) is 10.8 Å². The van der Waals surface area contributed by atoms with E-state index in [1.165, 1.54) is 6.07 Å². The van der Waals surface area contributed by atoms with Crippen molar-refractivity contribution < 1.29 is 4.39 Å². The van der Waals surface area contributed by atoms with E-state index in [1.807, 2.05) is 0 Å². The molecule has 0 aliphatic carbocycles. The fourth-order valence-corrected chi connectivity index (χ4v) is 2.19. The molecule has 0 spiro atoms. The minimum absolute atomic E-state index is 0.0765. The van der Waals surface area contributed by atoms with Crippen molar-refractivity contribution in [2.75, 3.05) is 5.43 Å². The summed E-state index contributed by atoms with van der Waals surface area (Å²) in [6.45, 7) is 0. The molecule has 18 heavy (non-hydrogen) atoms. The van der Waals surface area contributed by atoms with Gasteiger partial charge in [0.15, 0.2) is 11.7 Å². The van der Waals surface area contributed by atoms with E-state index in [1.54, 1.807) is 6.07 Å². The minimum Gasteiger partial charge on any atom is -0.382 e. The van der Waals surface area contributed by atoms with Crippen LogP contribution in [0.4, 0.5) is 10.1 Å². The highest BCUT2D eigenvalue weighted by molar-refractivity contribution is 9.10. The maximum Gasteiger partial charge on any atom is 0.201 e. The zero-order chi connectivity index (χ0) is 13.9. The van der Waals surface area contributed by atoms with Gasteiger partial charge in [-0.15, -0.1) is 0 Å². The molecular formula is C9H5BrCl2FN5. The van der Waals surface area contributed by atoms with Crippen molar-refractivity contribution in [2.45, 2.75) is 0 Å². The smallest absolute Gasteiger partial charge is 0.201 e. The first-order valence-electron chi connectivity index (χ1n) is 4.29. The Labute approximate surface area is 120 Å². The van der Waals surface area contributed by atoms with Gasteiger partial charge < -0.3 is 5.73 Å². The van der Waals surface area contributed by atoms with E-state index in [0.717, 1.165) is 0 Å². The first kappa shape index (κ1) is 14.7. The van der Waals surface area contributed by atoms with Crippen molar-refractivity contribution in [3.05, 3.63) is 26.4 Å². The number of nitriles is 1. The Balaban J connectivity index is 3.18. The van der Waals surface area contributed by atoms with Gasteiger partial charge in [0.1, 0.15) is 11.1 Å². The minimum atomic E-state index is -0.819. The van der Waals surface area contributed by atoms with Gasteiger partial charge in [0, 0.05) is 4.47 Å². The Kier molecular flexibility index (Phi) is 4.90. The van der Waals surface area contributed by atoms with Gasteiger partial charge in [-0.25, -0.2) is 4.39 Å². The van der Waals surface area contributed by atoms with Crippen LogP contribution >= 0.6 is 39.1 Å². The van der Waals surface area contributed by atoms with E-state index in [2.05, 4.69) is 26.5 Å². The molecule has 0 atom stereocenters. The van der Waals surface area contributed by atoms with Crippen LogP contribution in [0.25, 0.3) is 0 Å². The molecule has 0 bridgehead atoms. The average molecular weight is 353 g/mol. The maximum absolute atomic E-state index is 13.4. The third-order valence-electron chi connectivity index (χ3n) is 1.75. The predicted molar refractivity (Wildman–Crippen MR) is 72.7 cm³/mol. The van der Waals surface area contributed by atoms with Gasteiger partial charge in [0.05, 0.1) is 10.7 Å². The number of anilines is 1. The second-order valence-electron chi connectivity index (χ2n) is 2.94. The number of hydrogen-bond donors (Lipinski definition) is 3. The van der Waals surface area contributed by atoms with Crippen LogP contribution in [0.1, 0.15) is 0 Å². The monoisotopic (exact) mass is 351 g/mol. The van der Waals surface area contributed by atoms with Crippen LogP contribution in [0.5, 0.6) is 0 Å². The van der Waals surface area contributed by atoms with Gasteiger partial charge >= 0.3 is 0 Å².